The molecule has 0 bridgehead atoms. The summed E-state index contributed by atoms with van der Waals surface area (Å²) in [6.45, 7) is 3.92. The third-order valence-electron chi connectivity index (χ3n) is 6.74. The molecule has 0 aliphatic carbocycles. The van der Waals surface area contributed by atoms with Crippen LogP contribution >= 0.6 is 11.8 Å². The Morgan fingerprint density at radius 2 is 1.63 bits per heavy atom. The first-order chi connectivity index (χ1) is 18.3. The number of para-hydroxylation sites is 1. The number of hydrogen-bond donors (Lipinski definition) is 2. The van der Waals surface area contributed by atoms with Gasteiger partial charge in [0.25, 0.3) is 21.8 Å². The molecule has 0 spiro atoms. The Morgan fingerprint density at radius 3 is 2.34 bits per heavy atom. The van der Waals surface area contributed by atoms with Crippen molar-refractivity contribution in [2.75, 3.05) is 30.6 Å². The minimum absolute atomic E-state index is 0.0247. The molecule has 1 fully saturated rings. The first-order valence-corrected chi connectivity index (χ1v) is 15.4. The Hall–Kier alpha value is -3.30. The maximum absolute atomic E-state index is 13.4. The minimum atomic E-state index is -4.06. The zero-order valence-electron chi connectivity index (χ0n) is 21.6. The van der Waals surface area contributed by atoms with E-state index in [2.05, 4.69) is 17.0 Å². The van der Waals surface area contributed by atoms with Crippen molar-refractivity contribution in [2.45, 2.75) is 36.0 Å². The molecule has 200 valence electrons. The molecule has 9 heteroatoms. The van der Waals surface area contributed by atoms with Crippen LogP contribution in [-0.2, 0) is 16.4 Å². The molecule has 3 aromatic rings. The van der Waals surface area contributed by atoms with Crippen LogP contribution < -0.4 is 10.0 Å². The Balaban J connectivity index is 1.52. The molecule has 38 heavy (non-hydrogen) atoms. The fourth-order valence-corrected chi connectivity index (χ4v) is 6.11. The molecule has 3 aromatic carbocycles. The summed E-state index contributed by atoms with van der Waals surface area (Å²) < 4.78 is 29.4. The van der Waals surface area contributed by atoms with Crippen molar-refractivity contribution in [1.82, 2.24) is 10.2 Å². The van der Waals surface area contributed by atoms with Crippen LogP contribution in [0.5, 0.6) is 0 Å². The van der Waals surface area contributed by atoms with Crippen LogP contribution in [0.15, 0.2) is 82.6 Å². The van der Waals surface area contributed by atoms with Gasteiger partial charge in [0.2, 0.25) is 0 Å². The fraction of sp³-hybridized carbons (Fsp3) is 0.310. The number of carbonyl (C=O) groups is 2. The third-order valence-corrected chi connectivity index (χ3v) is 8.90. The van der Waals surface area contributed by atoms with Crippen molar-refractivity contribution in [3.05, 3.63) is 89.5 Å². The van der Waals surface area contributed by atoms with E-state index in [4.69, 9.17) is 0 Å². The van der Waals surface area contributed by atoms with Crippen molar-refractivity contribution in [3.63, 3.8) is 0 Å². The zero-order chi connectivity index (χ0) is 27.1. The van der Waals surface area contributed by atoms with E-state index in [1.165, 1.54) is 23.9 Å². The van der Waals surface area contributed by atoms with Crippen LogP contribution in [0.3, 0.4) is 0 Å². The Kier molecular flexibility index (Phi) is 9.12. The molecule has 7 nitrogen and oxygen atoms in total. The van der Waals surface area contributed by atoms with Gasteiger partial charge >= 0.3 is 0 Å². The van der Waals surface area contributed by atoms with Crippen LogP contribution in [0, 0.1) is 5.92 Å². The number of rotatable bonds is 9. The van der Waals surface area contributed by atoms with E-state index in [0.717, 1.165) is 23.3 Å². The van der Waals surface area contributed by atoms with E-state index >= 15 is 0 Å². The molecule has 1 saturated heterocycles. The third kappa shape index (κ3) is 6.76. The van der Waals surface area contributed by atoms with Crippen LogP contribution in [0.2, 0.25) is 0 Å². The summed E-state index contributed by atoms with van der Waals surface area (Å²) in [5, 5.41) is 2.87. The molecule has 0 radical (unpaired) electrons. The number of thioether (sulfide) groups is 1. The summed E-state index contributed by atoms with van der Waals surface area (Å²) in [5.41, 5.74) is 1.88. The number of hydrogen-bond acceptors (Lipinski definition) is 5. The Bertz CT molecular complexity index is 1390. The van der Waals surface area contributed by atoms with Gasteiger partial charge in [-0.1, -0.05) is 49.4 Å². The molecule has 1 heterocycles. The number of likely N-dealkylation sites (tertiary alicyclic amines) is 1. The van der Waals surface area contributed by atoms with E-state index in [0.29, 0.717) is 37.5 Å². The molecule has 1 aliphatic rings. The second-order valence-electron chi connectivity index (χ2n) is 9.48. The van der Waals surface area contributed by atoms with Crippen molar-refractivity contribution < 1.29 is 18.0 Å². The highest BCUT2D eigenvalue weighted by Gasteiger charge is 2.26. The average Bonchev–Trinajstić information content (AvgIpc) is 2.93. The summed E-state index contributed by atoms with van der Waals surface area (Å²) in [4.78, 5) is 28.7. The van der Waals surface area contributed by atoms with E-state index in [1.807, 2.05) is 36.6 Å². The lowest BCUT2D eigenvalue weighted by atomic mass is 9.98. The number of amides is 2. The largest absolute Gasteiger partial charge is 0.352 e. The number of nitrogens with zero attached hydrogens (tertiary/aromatic N) is 1. The highest BCUT2D eigenvalue weighted by molar-refractivity contribution is 7.98. The second kappa shape index (κ2) is 12.5. The van der Waals surface area contributed by atoms with Crippen LogP contribution in [0.25, 0.3) is 0 Å². The maximum Gasteiger partial charge on any atom is 0.261 e. The lowest BCUT2D eigenvalue weighted by molar-refractivity contribution is 0.0693. The number of piperidine rings is 1. The second-order valence-corrected chi connectivity index (χ2v) is 12.0. The molecule has 2 N–H and O–H groups in total. The number of benzene rings is 3. The normalized spacial score (nSPS) is 14.2. The van der Waals surface area contributed by atoms with E-state index in [9.17, 15) is 18.0 Å². The summed E-state index contributed by atoms with van der Waals surface area (Å²) in [6, 6.07) is 20.9. The summed E-state index contributed by atoms with van der Waals surface area (Å²) in [5.74, 6) is 0.0502. The predicted octanol–water partition coefficient (Wildman–Crippen LogP) is 5.05. The highest BCUT2D eigenvalue weighted by Crippen LogP contribution is 2.28. The molecule has 1 aliphatic heterocycles. The summed E-state index contributed by atoms with van der Waals surface area (Å²) >= 11 is 1.41. The quantitative estimate of drug-likeness (QED) is 0.363. The van der Waals surface area contributed by atoms with E-state index in [-0.39, 0.29) is 28.0 Å². The van der Waals surface area contributed by atoms with Gasteiger partial charge in [0.1, 0.15) is 0 Å². The van der Waals surface area contributed by atoms with Crippen molar-refractivity contribution in [1.29, 1.82) is 0 Å². The van der Waals surface area contributed by atoms with Gasteiger partial charge in [-0.2, -0.15) is 0 Å². The Labute approximate surface area is 229 Å². The van der Waals surface area contributed by atoms with Crippen molar-refractivity contribution in [2.24, 2.45) is 5.92 Å². The lowest BCUT2D eigenvalue weighted by Crippen LogP contribution is -2.38. The van der Waals surface area contributed by atoms with Gasteiger partial charge in [-0.3, -0.25) is 14.3 Å². The number of anilines is 1. The number of nitrogens with one attached hydrogen (secondary N) is 2. The molecule has 4 rings (SSSR count). The van der Waals surface area contributed by atoms with Gasteiger partial charge in [-0.15, -0.1) is 11.8 Å². The van der Waals surface area contributed by atoms with Crippen molar-refractivity contribution in [3.8, 4) is 0 Å². The predicted molar refractivity (Wildman–Crippen MR) is 152 cm³/mol. The molecular weight excluding hydrogens is 518 g/mol. The number of sulfonamides is 1. The van der Waals surface area contributed by atoms with E-state index < -0.39 is 10.0 Å². The van der Waals surface area contributed by atoms with Gasteiger partial charge in [-0.25, -0.2) is 8.42 Å². The van der Waals surface area contributed by atoms with Gasteiger partial charge in [0.05, 0.1) is 21.7 Å². The Morgan fingerprint density at radius 1 is 0.947 bits per heavy atom. The minimum Gasteiger partial charge on any atom is -0.352 e. The summed E-state index contributed by atoms with van der Waals surface area (Å²) in [6.07, 6.45) is 4.40. The van der Waals surface area contributed by atoms with Crippen LogP contribution in [0.4, 0.5) is 5.69 Å². The molecular formula is C29H33N3O4S2. The van der Waals surface area contributed by atoms with Crippen LogP contribution in [-0.4, -0.2) is 51.0 Å². The first-order valence-electron chi connectivity index (χ1n) is 12.7. The van der Waals surface area contributed by atoms with Crippen LogP contribution in [0.1, 0.15) is 46.0 Å². The molecule has 0 unspecified atom stereocenters. The summed E-state index contributed by atoms with van der Waals surface area (Å²) in [7, 11) is -4.06. The molecule has 2 amide bonds. The lowest BCUT2D eigenvalue weighted by Gasteiger charge is -2.30. The standard InChI is InChI=1S/C29H33N3O4S2/c1-21-15-18-32(19-16-21)29(34)25-20-23(12-13-27(25)37-2)38(35,36)31-26-11-7-6-10-24(26)28(33)30-17-14-22-8-4-3-5-9-22/h3-13,20-21,31H,14-19H2,1-2H3,(H,30,33). The zero-order valence-corrected chi connectivity index (χ0v) is 23.3. The highest BCUT2D eigenvalue weighted by atomic mass is 32.2. The fourth-order valence-electron chi connectivity index (χ4n) is 4.44. The smallest absolute Gasteiger partial charge is 0.261 e. The van der Waals surface area contributed by atoms with Gasteiger partial charge in [-0.05, 0) is 67.3 Å². The maximum atomic E-state index is 13.4. The van der Waals surface area contributed by atoms with E-state index in [1.54, 1.807) is 35.2 Å². The van der Waals surface area contributed by atoms with Crippen molar-refractivity contribution >= 4 is 39.3 Å². The average molecular weight is 552 g/mol. The SMILES string of the molecule is CSc1ccc(S(=O)(=O)Nc2ccccc2C(=O)NCCc2ccccc2)cc1C(=O)N1CCC(C)CC1. The van der Waals surface area contributed by atoms with Gasteiger partial charge < -0.3 is 10.2 Å². The van der Waals surface area contributed by atoms with Gasteiger partial charge in [0.15, 0.2) is 0 Å². The number of carbonyl (C=O) groups excluding carboxylic acids is 2. The molecule has 0 saturated carbocycles. The molecule has 0 atom stereocenters. The monoisotopic (exact) mass is 551 g/mol. The topological polar surface area (TPSA) is 95.6 Å². The molecule has 0 aromatic heterocycles. The van der Waals surface area contributed by atoms with Gasteiger partial charge in [0, 0.05) is 24.5 Å². The first kappa shape index (κ1) is 27.7.